The highest BCUT2D eigenvalue weighted by Crippen LogP contribution is 2.43. The molecule has 3 rings (SSSR count). The molecule has 86 valence electrons. The number of likely N-dealkylation sites (tertiary alicyclic amines) is 1. The van der Waals surface area contributed by atoms with Gasteiger partial charge in [-0.25, -0.2) is 4.39 Å². The van der Waals surface area contributed by atoms with Crippen LogP contribution in [0.25, 0.3) is 0 Å². The topological polar surface area (TPSA) is 42.1 Å². The van der Waals surface area contributed by atoms with Crippen LogP contribution in [-0.4, -0.2) is 28.5 Å². The van der Waals surface area contributed by atoms with Crippen LogP contribution in [0.15, 0.2) is 18.5 Å². The predicted molar refractivity (Wildman–Crippen MR) is 59.1 cm³/mol. The van der Waals surface area contributed by atoms with Crippen molar-refractivity contribution in [3.8, 4) is 0 Å². The van der Waals surface area contributed by atoms with Gasteiger partial charge in [-0.1, -0.05) is 0 Å². The SMILES string of the molecule is NC1(C2CC2)CN(Cc2cncc(F)c2)C1. The molecule has 0 amide bonds. The van der Waals surface area contributed by atoms with Gasteiger partial charge in [0.2, 0.25) is 0 Å². The highest BCUT2D eigenvalue weighted by atomic mass is 19.1. The first-order chi connectivity index (χ1) is 7.66. The lowest BCUT2D eigenvalue weighted by molar-refractivity contribution is 0.0476. The van der Waals surface area contributed by atoms with Crippen molar-refractivity contribution in [2.45, 2.75) is 24.9 Å². The molecule has 0 aromatic carbocycles. The maximum absolute atomic E-state index is 12.9. The molecule has 16 heavy (non-hydrogen) atoms. The van der Waals surface area contributed by atoms with Gasteiger partial charge in [0.25, 0.3) is 0 Å². The normalized spacial score (nSPS) is 24.1. The van der Waals surface area contributed by atoms with Crippen molar-refractivity contribution in [2.24, 2.45) is 11.7 Å². The van der Waals surface area contributed by atoms with E-state index in [1.807, 2.05) is 0 Å². The van der Waals surface area contributed by atoms with Crippen LogP contribution >= 0.6 is 0 Å². The third kappa shape index (κ3) is 1.83. The molecule has 1 aliphatic heterocycles. The Hall–Kier alpha value is -1.00. The molecular weight excluding hydrogens is 205 g/mol. The van der Waals surface area contributed by atoms with E-state index in [0.29, 0.717) is 0 Å². The van der Waals surface area contributed by atoms with Crippen LogP contribution in [-0.2, 0) is 6.54 Å². The molecule has 0 unspecified atom stereocenters. The van der Waals surface area contributed by atoms with Crippen LogP contribution in [0.4, 0.5) is 4.39 Å². The Morgan fingerprint density at radius 1 is 1.44 bits per heavy atom. The predicted octanol–water partition coefficient (Wildman–Crippen LogP) is 1.14. The summed E-state index contributed by atoms with van der Waals surface area (Å²) in [6, 6.07) is 1.54. The van der Waals surface area contributed by atoms with Gasteiger partial charge in [-0.15, -0.1) is 0 Å². The quantitative estimate of drug-likeness (QED) is 0.832. The molecule has 0 atom stereocenters. The Labute approximate surface area is 94.5 Å². The van der Waals surface area contributed by atoms with E-state index in [9.17, 15) is 4.39 Å². The lowest BCUT2D eigenvalue weighted by atomic mass is 9.85. The summed E-state index contributed by atoms with van der Waals surface area (Å²) in [5.41, 5.74) is 7.22. The highest BCUT2D eigenvalue weighted by molar-refractivity contribution is 5.14. The van der Waals surface area contributed by atoms with Crippen molar-refractivity contribution in [1.29, 1.82) is 0 Å². The highest BCUT2D eigenvalue weighted by Gasteiger charge is 2.49. The number of pyridine rings is 1. The van der Waals surface area contributed by atoms with Crippen molar-refractivity contribution in [2.75, 3.05) is 13.1 Å². The van der Waals surface area contributed by atoms with E-state index in [-0.39, 0.29) is 11.4 Å². The fourth-order valence-corrected chi connectivity index (χ4v) is 2.62. The molecule has 2 N–H and O–H groups in total. The number of hydrogen-bond donors (Lipinski definition) is 1. The van der Waals surface area contributed by atoms with E-state index in [1.165, 1.54) is 19.0 Å². The fourth-order valence-electron chi connectivity index (χ4n) is 2.62. The number of rotatable bonds is 3. The van der Waals surface area contributed by atoms with E-state index >= 15 is 0 Å². The van der Waals surface area contributed by atoms with Crippen LogP contribution < -0.4 is 5.73 Å². The molecule has 2 aliphatic rings. The molecule has 0 spiro atoms. The largest absolute Gasteiger partial charge is 0.323 e. The Kier molecular flexibility index (Phi) is 2.23. The van der Waals surface area contributed by atoms with Gasteiger partial charge in [-0.3, -0.25) is 9.88 Å². The van der Waals surface area contributed by atoms with E-state index in [0.717, 1.165) is 31.1 Å². The molecule has 0 radical (unpaired) electrons. The minimum Gasteiger partial charge on any atom is -0.323 e. The summed E-state index contributed by atoms with van der Waals surface area (Å²) < 4.78 is 12.9. The molecule has 3 nitrogen and oxygen atoms in total. The molecule has 1 aliphatic carbocycles. The zero-order valence-electron chi connectivity index (χ0n) is 9.19. The molecule has 1 saturated carbocycles. The standard InChI is InChI=1S/C12H16FN3/c13-11-3-9(4-15-5-11)6-16-7-12(14,8-16)10-1-2-10/h3-5,10H,1-2,6-8,14H2. The summed E-state index contributed by atoms with van der Waals surface area (Å²) in [6.07, 6.45) is 5.52. The van der Waals surface area contributed by atoms with E-state index in [4.69, 9.17) is 5.73 Å². The molecule has 1 aromatic rings. The molecule has 1 saturated heterocycles. The second kappa shape index (κ2) is 3.50. The molecule has 4 heteroatoms. The van der Waals surface area contributed by atoms with Crippen LogP contribution in [0.1, 0.15) is 18.4 Å². The average molecular weight is 221 g/mol. The third-order valence-electron chi connectivity index (χ3n) is 3.59. The monoisotopic (exact) mass is 221 g/mol. The Bertz CT molecular complexity index is 397. The Morgan fingerprint density at radius 2 is 2.19 bits per heavy atom. The van der Waals surface area contributed by atoms with Crippen LogP contribution in [0.3, 0.4) is 0 Å². The summed E-state index contributed by atoms with van der Waals surface area (Å²) in [6.45, 7) is 2.64. The summed E-state index contributed by atoms with van der Waals surface area (Å²) >= 11 is 0. The smallest absolute Gasteiger partial charge is 0.141 e. The first-order valence-electron chi connectivity index (χ1n) is 5.76. The molecule has 0 bridgehead atoms. The number of aromatic nitrogens is 1. The van der Waals surface area contributed by atoms with Crippen molar-refractivity contribution in [3.63, 3.8) is 0 Å². The van der Waals surface area contributed by atoms with E-state index in [2.05, 4.69) is 9.88 Å². The fraction of sp³-hybridized carbons (Fsp3) is 0.583. The Morgan fingerprint density at radius 3 is 2.81 bits per heavy atom. The zero-order valence-corrected chi connectivity index (χ0v) is 9.19. The number of hydrogen-bond acceptors (Lipinski definition) is 3. The lowest BCUT2D eigenvalue weighted by Gasteiger charge is -2.48. The first kappa shape index (κ1) is 10.2. The van der Waals surface area contributed by atoms with Crippen LogP contribution in [0, 0.1) is 11.7 Å². The van der Waals surface area contributed by atoms with Gasteiger partial charge in [0.05, 0.1) is 6.20 Å². The Balaban J connectivity index is 1.58. The summed E-state index contributed by atoms with van der Waals surface area (Å²) in [5.74, 6) is 0.466. The third-order valence-corrected chi connectivity index (χ3v) is 3.59. The number of halogens is 1. The van der Waals surface area contributed by atoms with Gasteiger partial charge in [0.1, 0.15) is 5.82 Å². The summed E-state index contributed by atoms with van der Waals surface area (Å²) in [4.78, 5) is 6.11. The van der Waals surface area contributed by atoms with Gasteiger partial charge in [0.15, 0.2) is 0 Å². The number of nitrogens with zero attached hydrogens (tertiary/aromatic N) is 2. The van der Waals surface area contributed by atoms with Gasteiger partial charge in [-0.2, -0.15) is 0 Å². The lowest BCUT2D eigenvalue weighted by Crippen LogP contribution is -2.68. The summed E-state index contributed by atoms with van der Waals surface area (Å²) in [5, 5.41) is 0. The second-order valence-electron chi connectivity index (χ2n) is 5.16. The van der Waals surface area contributed by atoms with Crippen LogP contribution in [0.2, 0.25) is 0 Å². The average Bonchev–Trinajstić information content (AvgIpc) is 2.98. The molecule has 2 heterocycles. The summed E-state index contributed by atoms with van der Waals surface area (Å²) in [7, 11) is 0. The molecule has 2 fully saturated rings. The van der Waals surface area contributed by atoms with Crippen molar-refractivity contribution in [1.82, 2.24) is 9.88 Å². The first-order valence-corrected chi connectivity index (χ1v) is 5.76. The van der Waals surface area contributed by atoms with E-state index in [1.54, 1.807) is 12.3 Å². The van der Waals surface area contributed by atoms with Crippen LogP contribution in [0.5, 0.6) is 0 Å². The minimum absolute atomic E-state index is 0.0424. The molecule has 1 aromatic heterocycles. The van der Waals surface area contributed by atoms with Gasteiger partial charge in [-0.05, 0) is 30.4 Å². The van der Waals surface area contributed by atoms with Crippen molar-refractivity contribution in [3.05, 3.63) is 29.8 Å². The minimum atomic E-state index is -0.265. The van der Waals surface area contributed by atoms with Crippen molar-refractivity contribution >= 4 is 0 Å². The van der Waals surface area contributed by atoms with Crippen molar-refractivity contribution < 1.29 is 4.39 Å². The van der Waals surface area contributed by atoms with Gasteiger partial charge >= 0.3 is 0 Å². The second-order valence-corrected chi connectivity index (χ2v) is 5.16. The number of nitrogens with two attached hydrogens (primary N) is 1. The maximum atomic E-state index is 12.9. The molecular formula is C12H16FN3. The van der Waals surface area contributed by atoms with Gasteiger partial charge < -0.3 is 5.73 Å². The maximum Gasteiger partial charge on any atom is 0.141 e. The zero-order chi connectivity index (χ0) is 11.2. The van der Waals surface area contributed by atoms with E-state index < -0.39 is 0 Å². The van der Waals surface area contributed by atoms with Gasteiger partial charge in [0, 0.05) is 31.4 Å².